The molecule has 0 atom stereocenters. The molecule has 2 amide bonds. The Labute approximate surface area is 261 Å². The second-order valence-corrected chi connectivity index (χ2v) is 13.1. The van der Waals surface area contributed by atoms with Crippen LogP contribution in [0.25, 0.3) is 21.8 Å². The first-order valence-corrected chi connectivity index (χ1v) is 16.2. The van der Waals surface area contributed by atoms with Crippen molar-refractivity contribution in [2.75, 3.05) is 27.2 Å². The number of pyridine rings is 2. The molecule has 44 heavy (non-hydrogen) atoms. The van der Waals surface area contributed by atoms with Crippen LogP contribution in [0.1, 0.15) is 108 Å². The standard InChI is InChI=1S/C37H47N5O2/c1-8-24-17-30-33(23(4)5)26(21-40-35(30)32(18-24)37(44)41-27-11-12-27)10-9-25-19-29-28(22(2)3)13-14-38-34(29)31(20-25)36(43)39-15-16-42(6)7/h13-14,17-23,27H,8-12,15-16H2,1-7H3,(H,39,43)(H,41,44). The largest absolute Gasteiger partial charge is 0.351 e. The Balaban J connectivity index is 1.53. The summed E-state index contributed by atoms with van der Waals surface area (Å²) in [6.07, 6.45) is 8.27. The van der Waals surface area contributed by atoms with E-state index in [-0.39, 0.29) is 17.7 Å². The zero-order valence-corrected chi connectivity index (χ0v) is 27.4. The van der Waals surface area contributed by atoms with Gasteiger partial charge in [-0.15, -0.1) is 0 Å². The molecule has 0 bridgehead atoms. The first-order valence-electron chi connectivity index (χ1n) is 16.2. The number of fused-ring (bicyclic) bond motifs is 2. The smallest absolute Gasteiger partial charge is 0.253 e. The van der Waals surface area contributed by atoms with Crippen LogP contribution in [-0.2, 0) is 19.3 Å². The van der Waals surface area contributed by atoms with E-state index >= 15 is 0 Å². The zero-order valence-electron chi connectivity index (χ0n) is 27.4. The predicted octanol–water partition coefficient (Wildman–Crippen LogP) is 6.56. The summed E-state index contributed by atoms with van der Waals surface area (Å²) in [5, 5.41) is 8.37. The fourth-order valence-electron chi connectivity index (χ4n) is 6.10. The van der Waals surface area contributed by atoms with Crippen LogP contribution in [0.4, 0.5) is 0 Å². The van der Waals surface area contributed by atoms with Crippen molar-refractivity contribution >= 4 is 33.6 Å². The number of aryl methyl sites for hydroxylation is 3. The minimum absolute atomic E-state index is 0.0233. The van der Waals surface area contributed by atoms with E-state index in [1.54, 1.807) is 0 Å². The van der Waals surface area contributed by atoms with Crippen LogP contribution in [-0.4, -0.2) is 59.9 Å². The molecule has 0 saturated heterocycles. The lowest BCUT2D eigenvalue weighted by Crippen LogP contribution is -2.31. The van der Waals surface area contributed by atoms with Gasteiger partial charge < -0.3 is 15.5 Å². The van der Waals surface area contributed by atoms with Crippen molar-refractivity contribution in [1.82, 2.24) is 25.5 Å². The van der Waals surface area contributed by atoms with Gasteiger partial charge in [0.25, 0.3) is 11.8 Å². The van der Waals surface area contributed by atoms with Crippen molar-refractivity contribution in [3.8, 4) is 0 Å². The molecule has 2 aromatic heterocycles. The van der Waals surface area contributed by atoms with Crippen molar-refractivity contribution in [2.24, 2.45) is 0 Å². The SMILES string of the molecule is CCc1cc(C(=O)NC2CC2)c2ncc(CCc3cc(C(=O)NCCN(C)C)c4nccc(C(C)C)c4c3)c(C(C)C)c2c1. The highest BCUT2D eigenvalue weighted by atomic mass is 16.2. The average molecular weight is 594 g/mol. The van der Waals surface area contributed by atoms with Gasteiger partial charge in [0.1, 0.15) is 0 Å². The highest BCUT2D eigenvalue weighted by Crippen LogP contribution is 2.33. The second-order valence-electron chi connectivity index (χ2n) is 13.1. The van der Waals surface area contributed by atoms with E-state index in [0.717, 1.165) is 71.6 Å². The number of carbonyl (C=O) groups excluding carboxylic acids is 2. The summed E-state index contributed by atoms with van der Waals surface area (Å²) in [6, 6.07) is 10.8. The summed E-state index contributed by atoms with van der Waals surface area (Å²) in [4.78, 5) is 38.3. The number of rotatable bonds is 12. The average Bonchev–Trinajstić information content (AvgIpc) is 3.81. The number of hydrogen-bond donors (Lipinski definition) is 2. The molecule has 0 spiro atoms. The van der Waals surface area contributed by atoms with Crippen molar-refractivity contribution in [2.45, 2.75) is 84.6 Å². The van der Waals surface area contributed by atoms with E-state index in [2.05, 4.69) is 73.3 Å². The van der Waals surface area contributed by atoms with Crippen molar-refractivity contribution < 1.29 is 9.59 Å². The van der Waals surface area contributed by atoms with Crippen molar-refractivity contribution in [1.29, 1.82) is 0 Å². The normalized spacial score (nSPS) is 13.4. The van der Waals surface area contributed by atoms with Gasteiger partial charge in [-0.25, -0.2) is 0 Å². The number of nitrogens with one attached hydrogen (secondary N) is 2. The Hall–Kier alpha value is -3.84. The van der Waals surface area contributed by atoms with Gasteiger partial charge in [0.2, 0.25) is 0 Å². The minimum atomic E-state index is -0.0913. The third kappa shape index (κ3) is 6.94. The molecule has 0 aliphatic heterocycles. The Morgan fingerprint density at radius 2 is 1.57 bits per heavy atom. The highest BCUT2D eigenvalue weighted by molar-refractivity contribution is 6.07. The van der Waals surface area contributed by atoms with E-state index in [1.165, 1.54) is 16.7 Å². The van der Waals surface area contributed by atoms with Crippen LogP contribution in [0.15, 0.2) is 42.7 Å². The molecule has 1 fully saturated rings. The number of benzene rings is 2. The lowest BCUT2D eigenvalue weighted by molar-refractivity contribution is 0.0944. The quantitative estimate of drug-likeness (QED) is 0.194. The van der Waals surface area contributed by atoms with Crippen molar-refractivity contribution in [3.05, 3.63) is 81.7 Å². The number of carbonyl (C=O) groups is 2. The number of likely N-dealkylation sites (N-methyl/N-ethyl adjacent to an activating group) is 1. The van der Waals surface area contributed by atoms with Crippen LogP contribution in [0.2, 0.25) is 0 Å². The van der Waals surface area contributed by atoms with E-state index in [9.17, 15) is 9.59 Å². The maximum absolute atomic E-state index is 13.4. The number of aromatic nitrogens is 2. The van der Waals surface area contributed by atoms with Gasteiger partial charge in [0, 0.05) is 42.3 Å². The molecule has 7 heteroatoms. The fraction of sp³-hybridized carbons (Fsp3) is 0.459. The third-order valence-electron chi connectivity index (χ3n) is 8.63. The maximum atomic E-state index is 13.4. The minimum Gasteiger partial charge on any atom is -0.351 e. The van der Waals surface area contributed by atoms with Gasteiger partial charge >= 0.3 is 0 Å². The molecule has 5 rings (SSSR count). The van der Waals surface area contributed by atoms with Crippen LogP contribution >= 0.6 is 0 Å². The Morgan fingerprint density at radius 1 is 0.886 bits per heavy atom. The topological polar surface area (TPSA) is 87.2 Å². The number of nitrogens with zero attached hydrogens (tertiary/aromatic N) is 3. The highest BCUT2D eigenvalue weighted by Gasteiger charge is 2.26. The van der Waals surface area contributed by atoms with Crippen molar-refractivity contribution in [3.63, 3.8) is 0 Å². The molecular weight excluding hydrogens is 546 g/mol. The molecule has 0 unspecified atom stereocenters. The van der Waals surface area contributed by atoms with Gasteiger partial charge in [-0.3, -0.25) is 19.6 Å². The first-order chi connectivity index (χ1) is 21.1. The Kier molecular flexibility index (Phi) is 9.64. The molecule has 2 heterocycles. The molecule has 0 radical (unpaired) electrons. The van der Waals surface area contributed by atoms with E-state index in [4.69, 9.17) is 4.98 Å². The summed E-state index contributed by atoms with van der Waals surface area (Å²) >= 11 is 0. The lowest BCUT2D eigenvalue weighted by atomic mass is 9.88. The third-order valence-corrected chi connectivity index (χ3v) is 8.63. The Morgan fingerprint density at radius 3 is 2.23 bits per heavy atom. The summed E-state index contributed by atoms with van der Waals surface area (Å²) in [5.74, 6) is 0.446. The van der Waals surface area contributed by atoms with Crippen LogP contribution in [0.5, 0.6) is 0 Å². The van der Waals surface area contributed by atoms with Gasteiger partial charge in [-0.1, -0.05) is 34.6 Å². The second kappa shape index (κ2) is 13.4. The first kappa shape index (κ1) is 31.6. The summed E-state index contributed by atoms with van der Waals surface area (Å²) in [6.45, 7) is 12.3. The maximum Gasteiger partial charge on any atom is 0.253 e. The van der Waals surface area contributed by atoms with Crippen LogP contribution < -0.4 is 10.6 Å². The van der Waals surface area contributed by atoms with E-state index in [0.29, 0.717) is 29.6 Å². The number of hydrogen-bond acceptors (Lipinski definition) is 5. The molecule has 1 saturated carbocycles. The monoisotopic (exact) mass is 593 g/mol. The van der Waals surface area contributed by atoms with Gasteiger partial charge in [0.15, 0.2) is 0 Å². The molecular formula is C37H47N5O2. The Bertz CT molecular complexity index is 1690. The molecule has 7 nitrogen and oxygen atoms in total. The molecule has 2 N–H and O–H groups in total. The summed E-state index contributed by atoms with van der Waals surface area (Å²) in [5.41, 5.74) is 8.70. The van der Waals surface area contributed by atoms with Gasteiger partial charge in [0.05, 0.1) is 22.2 Å². The van der Waals surface area contributed by atoms with Gasteiger partial charge in [-0.2, -0.15) is 0 Å². The van der Waals surface area contributed by atoms with E-state index in [1.807, 2.05) is 38.6 Å². The van der Waals surface area contributed by atoms with Gasteiger partial charge in [-0.05, 0) is 116 Å². The fourth-order valence-corrected chi connectivity index (χ4v) is 6.10. The summed E-state index contributed by atoms with van der Waals surface area (Å²) < 4.78 is 0. The predicted molar refractivity (Wildman–Crippen MR) is 180 cm³/mol. The van der Waals surface area contributed by atoms with Crippen LogP contribution in [0.3, 0.4) is 0 Å². The summed E-state index contributed by atoms with van der Waals surface area (Å²) in [7, 11) is 4.00. The molecule has 1 aliphatic rings. The number of amides is 2. The zero-order chi connectivity index (χ0) is 31.5. The molecule has 1 aliphatic carbocycles. The lowest BCUT2D eigenvalue weighted by Gasteiger charge is -2.19. The van der Waals surface area contributed by atoms with E-state index < -0.39 is 0 Å². The molecule has 2 aromatic carbocycles. The molecule has 4 aromatic rings. The van der Waals surface area contributed by atoms with Crippen LogP contribution in [0, 0.1) is 0 Å². The molecule has 232 valence electrons.